The average Bonchev–Trinajstić information content (AvgIpc) is 2.36. The third-order valence-electron chi connectivity index (χ3n) is 1.13. The zero-order valence-corrected chi connectivity index (χ0v) is 8.41. The normalized spacial score (nSPS) is 10.7. The Labute approximate surface area is 77.9 Å². The molecular weight excluding hydrogens is 224 g/mol. The van der Waals surface area contributed by atoms with Crippen LogP contribution in [0, 0.1) is 0 Å². The van der Waals surface area contributed by atoms with E-state index in [1.807, 2.05) is 19.1 Å². The van der Waals surface area contributed by atoms with Crippen LogP contribution >= 0.6 is 27.3 Å². The lowest BCUT2D eigenvalue weighted by atomic mass is 10.3. The summed E-state index contributed by atoms with van der Waals surface area (Å²) in [6.45, 7) is 1.83. The second-order valence-electron chi connectivity index (χ2n) is 1.97. The van der Waals surface area contributed by atoms with Gasteiger partial charge in [-0.2, -0.15) is 0 Å². The molecule has 0 amide bonds. The minimum atomic E-state index is 0.0724. The van der Waals surface area contributed by atoms with Crippen LogP contribution in [0.4, 0.5) is 0 Å². The number of carbonyl (C=O) groups excluding carboxylic acids is 1. The maximum absolute atomic E-state index is 11.2. The number of rotatable bonds is 2. The summed E-state index contributed by atoms with van der Waals surface area (Å²) >= 11 is 4.75. The van der Waals surface area contributed by atoms with Gasteiger partial charge in [-0.15, -0.1) is 11.3 Å². The molecule has 0 saturated heterocycles. The first-order valence-corrected chi connectivity index (χ1v) is 4.77. The third kappa shape index (κ3) is 2.27. The summed E-state index contributed by atoms with van der Waals surface area (Å²) in [5.74, 6) is 0.0724. The second-order valence-corrected chi connectivity index (χ2v) is 4.43. The fraction of sp³-hybridized carbons (Fsp3) is 0.125. The highest BCUT2D eigenvalue weighted by atomic mass is 79.9. The van der Waals surface area contributed by atoms with Crippen LogP contribution in [0.1, 0.15) is 16.6 Å². The number of ketones is 1. The molecule has 0 unspecified atom stereocenters. The summed E-state index contributed by atoms with van der Waals surface area (Å²) in [5.41, 5.74) is 0. The van der Waals surface area contributed by atoms with Gasteiger partial charge in [-0.3, -0.25) is 4.79 Å². The molecule has 1 aromatic rings. The van der Waals surface area contributed by atoms with Crippen LogP contribution in [-0.2, 0) is 0 Å². The van der Waals surface area contributed by atoms with Crippen molar-refractivity contribution in [1.29, 1.82) is 0 Å². The lowest BCUT2D eigenvalue weighted by Gasteiger charge is -1.84. The molecule has 1 nitrogen and oxygen atoms in total. The number of hydrogen-bond donors (Lipinski definition) is 0. The summed E-state index contributed by atoms with van der Waals surface area (Å²) < 4.78 is 0.991. The van der Waals surface area contributed by atoms with Crippen molar-refractivity contribution in [2.75, 3.05) is 0 Å². The molecule has 0 bridgehead atoms. The van der Waals surface area contributed by atoms with Crippen LogP contribution in [0.15, 0.2) is 28.1 Å². The van der Waals surface area contributed by atoms with Gasteiger partial charge in [0.15, 0.2) is 5.78 Å². The number of thiophene rings is 1. The van der Waals surface area contributed by atoms with Crippen molar-refractivity contribution in [3.05, 3.63) is 32.9 Å². The first-order chi connectivity index (χ1) is 5.24. The maximum Gasteiger partial charge on any atom is 0.195 e. The van der Waals surface area contributed by atoms with Gasteiger partial charge in [0.1, 0.15) is 0 Å². The quantitative estimate of drug-likeness (QED) is 0.563. The van der Waals surface area contributed by atoms with Gasteiger partial charge in [0.2, 0.25) is 0 Å². The average molecular weight is 231 g/mol. The number of halogens is 1. The highest BCUT2D eigenvalue weighted by Gasteiger charge is 2.03. The maximum atomic E-state index is 11.2. The molecule has 58 valence electrons. The van der Waals surface area contributed by atoms with Crippen LogP contribution in [0.3, 0.4) is 0 Å². The van der Waals surface area contributed by atoms with E-state index in [0.717, 1.165) is 8.66 Å². The monoisotopic (exact) mass is 230 g/mol. The zero-order valence-electron chi connectivity index (χ0n) is 6.00. The first kappa shape index (κ1) is 8.68. The molecule has 0 saturated carbocycles. The van der Waals surface area contributed by atoms with Gasteiger partial charge in [0, 0.05) is 0 Å². The summed E-state index contributed by atoms with van der Waals surface area (Å²) in [5, 5.41) is 0. The topological polar surface area (TPSA) is 17.1 Å². The fourth-order valence-corrected chi connectivity index (χ4v) is 1.99. The lowest BCUT2D eigenvalue weighted by molar-refractivity contribution is 0.105. The molecule has 0 atom stereocenters. The largest absolute Gasteiger partial charge is 0.288 e. The Kier molecular flexibility index (Phi) is 3.02. The highest BCUT2D eigenvalue weighted by Crippen LogP contribution is 2.22. The van der Waals surface area contributed by atoms with E-state index in [-0.39, 0.29) is 5.78 Å². The minimum absolute atomic E-state index is 0.0724. The summed E-state index contributed by atoms with van der Waals surface area (Å²) in [6, 6.07) is 3.69. The van der Waals surface area contributed by atoms with Gasteiger partial charge < -0.3 is 0 Å². The van der Waals surface area contributed by atoms with E-state index in [0.29, 0.717) is 0 Å². The predicted molar refractivity (Wildman–Crippen MR) is 51.2 cm³/mol. The summed E-state index contributed by atoms with van der Waals surface area (Å²) in [6.07, 6.45) is 3.31. The predicted octanol–water partition coefficient (Wildman–Crippen LogP) is 3.27. The molecule has 0 spiro atoms. The molecular formula is C8H7BrOS. The van der Waals surface area contributed by atoms with Crippen molar-refractivity contribution in [1.82, 2.24) is 0 Å². The number of allylic oxidation sites excluding steroid dienone is 2. The van der Waals surface area contributed by atoms with E-state index in [9.17, 15) is 4.79 Å². The molecule has 0 N–H and O–H groups in total. The minimum Gasteiger partial charge on any atom is -0.288 e. The molecule has 0 aliphatic rings. The van der Waals surface area contributed by atoms with Gasteiger partial charge in [-0.1, -0.05) is 6.08 Å². The van der Waals surface area contributed by atoms with Crippen LogP contribution < -0.4 is 0 Å². The van der Waals surface area contributed by atoms with Gasteiger partial charge >= 0.3 is 0 Å². The first-order valence-electron chi connectivity index (χ1n) is 3.16. The molecule has 3 heteroatoms. The number of hydrogen-bond acceptors (Lipinski definition) is 2. The van der Waals surface area contributed by atoms with Crippen molar-refractivity contribution in [3.63, 3.8) is 0 Å². The Morgan fingerprint density at radius 3 is 2.82 bits per heavy atom. The Morgan fingerprint density at radius 2 is 2.36 bits per heavy atom. The zero-order chi connectivity index (χ0) is 8.27. The van der Waals surface area contributed by atoms with E-state index in [1.165, 1.54) is 11.3 Å². The molecule has 0 radical (unpaired) electrons. The highest BCUT2D eigenvalue weighted by molar-refractivity contribution is 9.11. The van der Waals surface area contributed by atoms with Crippen LogP contribution in [0.25, 0.3) is 0 Å². The molecule has 1 heterocycles. The van der Waals surface area contributed by atoms with Crippen molar-refractivity contribution in [2.24, 2.45) is 0 Å². The Hall–Kier alpha value is -0.410. The lowest BCUT2D eigenvalue weighted by Crippen LogP contribution is -1.87. The van der Waals surface area contributed by atoms with Gasteiger partial charge in [-0.25, -0.2) is 0 Å². The van der Waals surface area contributed by atoms with Gasteiger partial charge in [-0.05, 0) is 41.1 Å². The van der Waals surface area contributed by atoms with Gasteiger partial charge in [0.05, 0.1) is 8.66 Å². The van der Waals surface area contributed by atoms with E-state index in [1.54, 1.807) is 12.2 Å². The van der Waals surface area contributed by atoms with E-state index in [2.05, 4.69) is 15.9 Å². The fourth-order valence-electron chi connectivity index (χ4n) is 0.680. The van der Waals surface area contributed by atoms with E-state index >= 15 is 0 Å². The molecule has 0 aromatic carbocycles. The van der Waals surface area contributed by atoms with Crippen molar-refractivity contribution >= 4 is 33.0 Å². The van der Waals surface area contributed by atoms with Crippen molar-refractivity contribution in [2.45, 2.75) is 6.92 Å². The van der Waals surface area contributed by atoms with E-state index < -0.39 is 0 Å². The molecule has 0 aliphatic carbocycles. The Morgan fingerprint density at radius 1 is 1.64 bits per heavy atom. The van der Waals surface area contributed by atoms with Crippen LogP contribution in [-0.4, -0.2) is 5.78 Å². The second kappa shape index (κ2) is 3.83. The summed E-state index contributed by atoms with van der Waals surface area (Å²) in [4.78, 5) is 11.9. The standard InChI is InChI=1S/C8H7BrOS/c1-2-3-6(10)7-4-5-8(9)11-7/h2-5H,1H3/b3-2+. The van der Waals surface area contributed by atoms with Crippen LogP contribution in [0.2, 0.25) is 0 Å². The van der Waals surface area contributed by atoms with Crippen molar-refractivity contribution in [3.8, 4) is 0 Å². The van der Waals surface area contributed by atoms with E-state index in [4.69, 9.17) is 0 Å². The summed E-state index contributed by atoms with van der Waals surface area (Å²) in [7, 11) is 0. The third-order valence-corrected chi connectivity index (χ3v) is 2.77. The van der Waals surface area contributed by atoms with Gasteiger partial charge in [0.25, 0.3) is 0 Å². The Bertz CT molecular complexity index is 288. The molecule has 1 rings (SSSR count). The molecule has 11 heavy (non-hydrogen) atoms. The van der Waals surface area contributed by atoms with Crippen molar-refractivity contribution < 1.29 is 4.79 Å². The van der Waals surface area contributed by atoms with Crippen LogP contribution in [0.5, 0.6) is 0 Å². The Balaban J connectivity index is 2.85. The molecule has 0 fully saturated rings. The smallest absolute Gasteiger partial charge is 0.195 e. The SMILES string of the molecule is C/C=C/C(=O)c1ccc(Br)s1. The molecule has 0 aliphatic heterocycles. The number of carbonyl (C=O) groups is 1. The molecule has 1 aromatic heterocycles.